The van der Waals surface area contributed by atoms with Gasteiger partial charge in [-0.05, 0) is 13.8 Å². The van der Waals surface area contributed by atoms with Crippen LogP contribution in [-0.2, 0) is 9.53 Å². The van der Waals surface area contributed by atoms with Crippen molar-refractivity contribution < 1.29 is 14.6 Å². The quantitative estimate of drug-likeness (QED) is 0.524. The number of esters is 1. The van der Waals surface area contributed by atoms with Crippen molar-refractivity contribution in [2.45, 2.75) is 33.0 Å². The van der Waals surface area contributed by atoms with E-state index in [0.29, 0.717) is 0 Å². The van der Waals surface area contributed by atoms with Crippen LogP contribution in [0.3, 0.4) is 0 Å². The minimum atomic E-state index is -0.550. The topological polar surface area (TPSA) is 46.5 Å². The van der Waals surface area contributed by atoms with Gasteiger partial charge in [0.2, 0.25) is 0 Å². The molecule has 1 fully saturated rings. The number of ether oxygens (including phenoxy) is 1. The molecule has 0 aromatic rings. The van der Waals surface area contributed by atoms with Crippen LogP contribution >= 0.6 is 0 Å². The van der Waals surface area contributed by atoms with Crippen LogP contribution < -0.4 is 0 Å². The highest BCUT2D eigenvalue weighted by atomic mass is 16.5. The zero-order chi connectivity index (χ0) is 8.59. The Hall–Kier alpha value is -0.570. The maximum absolute atomic E-state index is 11.0. The van der Waals surface area contributed by atoms with Gasteiger partial charge in [-0.15, -0.1) is 0 Å². The zero-order valence-electron chi connectivity index (χ0n) is 7.07. The Balaban J connectivity index is 2.70. The molecule has 1 aliphatic rings. The second-order valence-corrected chi connectivity index (χ2v) is 3.28. The molecule has 3 nitrogen and oxygen atoms in total. The lowest BCUT2D eigenvalue weighted by molar-refractivity contribution is -0.175. The van der Waals surface area contributed by atoms with E-state index in [1.54, 1.807) is 13.8 Å². The van der Waals surface area contributed by atoms with E-state index in [4.69, 9.17) is 4.74 Å². The second-order valence-electron chi connectivity index (χ2n) is 3.28. The maximum Gasteiger partial charge on any atom is 0.311 e. The van der Waals surface area contributed by atoms with Gasteiger partial charge < -0.3 is 9.84 Å². The summed E-state index contributed by atoms with van der Waals surface area (Å²) < 4.78 is 4.98. The van der Waals surface area contributed by atoms with Gasteiger partial charge in [-0.1, -0.05) is 6.92 Å². The minimum Gasteiger partial charge on any atom is -0.462 e. The molecule has 0 aromatic carbocycles. The van der Waals surface area contributed by atoms with E-state index in [2.05, 4.69) is 0 Å². The molecule has 3 heteroatoms. The monoisotopic (exact) mass is 158 g/mol. The lowest BCUT2D eigenvalue weighted by Gasteiger charge is -2.34. The van der Waals surface area contributed by atoms with Crippen LogP contribution in [-0.4, -0.2) is 23.3 Å². The van der Waals surface area contributed by atoms with Crippen LogP contribution in [0, 0.1) is 11.8 Å². The summed E-state index contributed by atoms with van der Waals surface area (Å²) >= 11 is 0. The molecule has 1 N–H and O–H groups in total. The summed E-state index contributed by atoms with van der Waals surface area (Å²) in [5.41, 5.74) is 0. The van der Waals surface area contributed by atoms with E-state index in [1.807, 2.05) is 6.92 Å². The molecule has 0 saturated carbocycles. The number of hydrogen-bond acceptors (Lipinski definition) is 3. The van der Waals surface area contributed by atoms with E-state index >= 15 is 0 Å². The Labute approximate surface area is 66.4 Å². The van der Waals surface area contributed by atoms with Crippen molar-refractivity contribution in [3.63, 3.8) is 0 Å². The number of carbonyl (C=O) groups is 1. The smallest absolute Gasteiger partial charge is 0.311 e. The molecule has 1 rings (SSSR count). The predicted octanol–water partition coefficient (Wildman–Crippen LogP) is 0.565. The molecular weight excluding hydrogens is 144 g/mol. The summed E-state index contributed by atoms with van der Waals surface area (Å²) in [5, 5.41) is 9.49. The molecule has 0 aliphatic carbocycles. The van der Waals surface area contributed by atoms with Gasteiger partial charge in [0.1, 0.15) is 6.10 Å². The van der Waals surface area contributed by atoms with Crippen molar-refractivity contribution in [2.75, 3.05) is 0 Å². The SMILES string of the molecule is C[C@@H]1[C@H](O)[C@H](C)C(=O)O[C@@H]1C. The van der Waals surface area contributed by atoms with Crippen molar-refractivity contribution in [3.05, 3.63) is 0 Å². The summed E-state index contributed by atoms with van der Waals surface area (Å²) in [7, 11) is 0. The first-order valence-corrected chi connectivity index (χ1v) is 3.92. The lowest BCUT2D eigenvalue weighted by Crippen LogP contribution is -2.45. The molecular formula is C8H14O3. The van der Waals surface area contributed by atoms with Gasteiger partial charge in [-0.3, -0.25) is 4.79 Å². The number of rotatable bonds is 0. The van der Waals surface area contributed by atoms with E-state index in [9.17, 15) is 9.90 Å². The van der Waals surface area contributed by atoms with Crippen LogP contribution in [0.25, 0.3) is 0 Å². The molecule has 1 heterocycles. The standard InChI is InChI=1S/C8H14O3/c1-4-6(3)11-8(10)5(2)7(4)9/h4-7,9H,1-3H3/t4-,5-,6+,7-/m0/s1. The van der Waals surface area contributed by atoms with E-state index in [-0.39, 0.29) is 23.9 Å². The molecule has 1 saturated heterocycles. The van der Waals surface area contributed by atoms with Gasteiger partial charge in [-0.25, -0.2) is 0 Å². The third kappa shape index (κ3) is 1.38. The fourth-order valence-corrected chi connectivity index (χ4v) is 1.27. The predicted molar refractivity (Wildman–Crippen MR) is 39.9 cm³/mol. The van der Waals surface area contributed by atoms with Gasteiger partial charge in [0.15, 0.2) is 0 Å². The first-order chi connectivity index (χ1) is 5.04. The summed E-state index contributed by atoms with van der Waals surface area (Å²) in [5.74, 6) is -0.619. The number of aliphatic hydroxyl groups excluding tert-OH is 1. The molecule has 0 unspecified atom stereocenters. The molecule has 0 radical (unpaired) electrons. The Morgan fingerprint density at radius 2 is 1.91 bits per heavy atom. The molecule has 64 valence electrons. The average Bonchev–Trinajstić information content (AvgIpc) is 1.97. The average molecular weight is 158 g/mol. The Kier molecular flexibility index (Phi) is 2.18. The highest BCUT2D eigenvalue weighted by Gasteiger charge is 2.37. The van der Waals surface area contributed by atoms with Crippen LogP contribution in [0.15, 0.2) is 0 Å². The third-order valence-electron chi connectivity index (χ3n) is 2.47. The van der Waals surface area contributed by atoms with E-state index in [1.165, 1.54) is 0 Å². The number of cyclic esters (lactones) is 1. The van der Waals surface area contributed by atoms with E-state index < -0.39 is 6.10 Å². The first kappa shape index (κ1) is 8.53. The number of aliphatic hydroxyl groups is 1. The molecule has 4 atom stereocenters. The lowest BCUT2D eigenvalue weighted by atomic mass is 9.87. The summed E-state index contributed by atoms with van der Waals surface area (Å²) in [4.78, 5) is 11.0. The van der Waals surface area contributed by atoms with Crippen molar-refractivity contribution >= 4 is 5.97 Å². The Morgan fingerprint density at radius 1 is 1.36 bits per heavy atom. The maximum atomic E-state index is 11.0. The van der Waals surface area contributed by atoms with Crippen LogP contribution in [0.4, 0.5) is 0 Å². The van der Waals surface area contributed by atoms with Gasteiger partial charge in [0.25, 0.3) is 0 Å². The highest BCUT2D eigenvalue weighted by molar-refractivity contribution is 5.73. The minimum absolute atomic E-state index is 0.0442. The summed E-state index contributed by atoms with van der Waals surface area (Å²) in [6, 6.07) is 0. The molecule has 11 heavy (non-hydrogen) atoms. The van der Waals surface area contributed by atoms with Crippen molar-refractivity contribution in [1.82, 2.24) is 0 Å². The van der Waals surface area contributed by atoms with Crippen LogP contribution in [0.2, 0.25) is 0 Å². The van der Waals surface area contributed by atoms with Gasteiger partial charge in [0, 0.05) is 5.92 Å². The van der Waals surface area contributed by atoms with Crippen LogP contribution in [0.1, 0.15) is 20.8 Å². The molecule has 0 bridgehead atoms. The van der Waals surface area contributed by atoms with Crippen molar-refractivity contribution in [2.24, 2.45) is 11.8 Å². The van der Waals surface area contributed by atoms with Crippen LogP contribution in [0.5, 0.6) is 0 Å². The van der Waals surface area contributed by atoms with Crippen molar-refractivity contribution in [1.29, 1.82) is 0 Å². The van der Waals surface area contributed by atoms with Gasteiger partial charge in [0.05, 0.1) is 12.0 Å². The van der Waals surface area contributed by atoms with Gasteiger partial charge >= 0.3 is 5.97 Å². The number of hydrogen-bond donors (Lipinski definition) is 1. The summed E-state index contributed by atoms with van der Waals surface area (Å²) in [6.07, 6.45) is -0.708. The van der Waals surface area contributed by atoms with Gasteiger partial charge in [-0.2, -0.15) is 0 Å². The fourth-order valence-electron chi connectivity index (χ4n) is 1.27. The summed E-state index contributed by atoms with van der Waals surface area (Å²) in [6.45, 7) is 5.38. The molecule has 1 aliphatic heterocycles. The second kappa shape index (κ2) is 2.81. The molecule has 0 aromatic heterocycles. The normalized spacial score (nSPS) is 45.3. The Bertz CT molecular complexity index is 167. The molecule has 0 spiro atoms. The highest BCUT2D eigenvalue weighted by Crippen LogP contribution is 2.25. The Morgan fingerprint density at radius 3 is 2.45 bits per heavy atom. The number of carbonyl (C=O) groups excluding carboxylic acids is 1. The first-order valence-electron chi connectivity index (χ1n) is 3.92. The zero-order valence-corrected chi connectivity index (χ0v) is 7.07. The van der Waals surface area contributed by atoms with E-state index in [0.717, 1.165) is 0 Å². The van der Waals surface area contributed by atoms with Crippen molar-refractivity contribution in [3.8, 4) is 0 Å². The molecule has 0 amide bonds. The largest absolute Gasteiger partial charge is 0.462 e. The fraction of sp³-hybridized carbons (Fsp3) is 0.875. The third-order valence-corrected chi connectivity index (χ3v) is 2.47.